The molecule has 0 radical (unpaired) electrons. The lowest BCUT2D eigenvalue weighted by molar-refractivity contribution is -0.132. The van der Waals surface area contributed by atoms with Crippen molar-refractivity contribution >= 4 is 46.5 Å². The second-order valence-corrected chi connectivity index (χ2v) is 9.69. The van der Waals surface area contributed by atoms with Crippen LogP contribution in [0.3, 0.4) is 0 Å². The van der Waals surface area contributed by atoms with E-state index in [0.717, 1.165) is 5.56 Å². The highest BCUT2D eigenvalue weighted by Crippen LogP contribution is 2.27. The Balaban J connectivity index is 1.16. The van der Waals surface area contributed by atoms with E-state index in [2.05, 4.69) is 30.7 Å². The zero-order valence-corrected chi connectivity index (χ0v) is 21.0. The Morgan fingerprint density at radius 1 is 1.08 bits per heavy atom. The van der Waals surface area contributed by atoms with Gasteiger partial charge in [0.25, 0.3) is 0 Å². The van der Waals surface area contributed by atoms with E-state index < -0.39 is 5.78 Å². The highest BCUT2D eigenvalue weighted by molar-refractivity contribution is 6.32. The minimum absolute atomic E-state index is 0.0194. The number of carbonyl (C=O) groups excluding carboxylic acids is 2. The van der Waals surface area contributed by atoms with Gasteiger partial charge in [0.15, 0.2) is 22.5 Å². The summed E-state index contributed by atoms with van der Waals surface area (Å²) < 4.78 is 5.28. The predicted octanol–water partition coefficient (Wildman–Crippen LogP) is 1.82. The van der Waals surface area contributed by atoms with Gasteiger partial charge in [-0.2, -0.15) is 4.98 Å². The molecule has 0 atom stereocenters. The first-order valence-corrected chi connectivity index (χ1v) is 12.2. The molecule has 0 aliphatic carbocycles. The van der Waals surface area contributed by atoms with Crippen LogP contribution in [0.1, 0.15) is 29.2 Å². The molecule has 1 aromatic carbocycles. The van der Waals surface area contributed by atoms with Crippen LogP contribution in [0.15, 0.2) is 40.7 Å². The number of halogens is 2. The van der Waals surface area contributed by atoms with Gasteiger partial charge >= 0.3 is 0 Å². The monoisotopic (exact) mass is 543 g/mol. The first-order chi connectivity index (χ1) is 17.7. The molecule has 0 unspecified atom stereocenters. The molecule has 1 amide bonds. The van der Waals surface area contributed by atoms with Crippen molar-refractivity contribution in [2.45, 2.75) is 24.8 Å². The third kappa shape index (κ3) is 5.30. The molecule has 37 heavy (non-hydrogen) atoms. The molecular weight excluding hydrogens is 521 g/mol. The minimum atomic E-state index is -0.455. The molecule has 2 fully saturated rings. The number of anilines is 2. The lowest BCUT2D eigenvalue weighted by Gasteiger charge is -2.38. The predicted molar refractivity (Wildman–Crippen MR) is 136 cm³/mol. The molecule has 2 saturated heterocycles. The molecule has 12 nitrogen and oxygen atoms in total. The van der Waals surface area contributed by atoms with Crippen LogP contribution in [0.25, 0.3) is 11.4 Å². The van der Waals surface area contributed by atoms with E-state index in [1.807, 2.05) is 0 Å². The highest BCUT2D eigenvalue weighted by Gasteiger charge is 2.40. The fraction of sp³-hybridized carbons (Fsp3) is 0.304. The molecule has 1 spiro atoms. The van der Waals surface area contributed by atoms with Gasteiger partial charge in [-0.25, -0.2) is 9.97 Å². The maximum absolute atomic E-state index is 12.9. The maximum Gasteiger partial charge on any atom is 0.236 e. The summed E-state index contributed by atoms with van der Waals surface area (Å²) in [5.74, 6) is 0.522. The van der Waals surface area contributed by atoms with E-state index in [9.17, 15) is 9.59 Å². The van der Waals surface area contributed by atoms with Crippen molar-refractivity contribution in [2.24, 2.45) is 0 Å². The number of nitrogens with zero attached hydrogens (tertiary/aromatic N) is 5. The number of nitrogen functional groups attached to an aromatic ring is 2. The van der Waals surface area contributed by atoms with Gasteiger partial charge < -0.3 is 31.5 Å². The Morgan fingerprint density at radius 3 is 2.54 bits per heavy atom. The number of carbonyl (C=O) groups is 2. The Bertz CT molecular complexity index is 1380. The zero-order chi connectivity index (χ0) is 26.2. The van der Waals surface area contributed by atoms with Crippen molar-refractivity contribution in [3.63, 3.8) is 0 Å². The van der Waals surface area contributed by atoms with Crippen LogP contribution in [0.2, 0.25) is 10.2 Å². The van der Waals surface area contributed by atoms with Crippen LogP contribution in [0.5, 0.6) is 0 Å². The van der Waals surface area contributed by atoms with Crippen LogP contribution in [-0.4, -0.2) is 61.9 Å². The number of nitrogens with two attached hydrogens (primary N) is 2. The number of nitrogens with one attached hydrogen (secondary N) is 2. The molecule has 2 aromatic heterocycles. The third-order valence-electron chi connectivity index (χ3n) is 6.38. The second-order valence-electron chi connectivity index (χ2n) is 8.89. The molecule has 192 valence electrons. The Morgan fingerprint density at radius 2 is 1.81 bits per heavy atom. The highest BCUT2D eigenvalue weighted by atomic mass is 35.5. The largest absolute Gasteiger partial charge is 0.382 e. The van der Waals surface area contributed by atoms with Crippen LogP contribution < -0.4 is 22.1 Å². The summed E-state index contributed by atoms with van der Waals surface area (Å²) in [6, 6.07) is 7.05. The summed E-state index contributed by atoms with van der Waals surface area (Å²) in [4.78, 5) is 39.4. The van der Waals surface area contributed by atoms with Gasteiger partial charge in [-0.1, -0.05) is 28.4 Å². The molecular formula is C23H23Cl2N9O3. The average Bonchev–Trinajstić information content (AvgIpc) is 3.49. The van der Waals surface area contributed by atoms with Crippen molar-refractivity contribution in [1.82, 2.24) is 35.6 Å². The fourth-order valence-corrected chi connectivity index (χ4v) is 4.57. The third-order valence-corrected chi connectivity index (χ3v) is 6.91. The Hall–Kier alpha value is -3.90. The van der Waals surface area contributed by atoms with Crippen molar-refractivity contribution < 1.29 is 14.1 Å². The first-order valence-electron chi connectivity index (χ1n) is 11.4. The molecule has 2 aliphatic heterocycles. The van der Waals surface area contributed by atoms with Gasteiger partial charge in [0.2, 0.25) is 23.4 Å². The van der Waals surface area contributed by atoms with Crippen LogP contribution >= 0.6 is 23.2 Å². The van der Waals surface area contributed by atoms with Crippen LogP contribution in [-0.2, 0) is 11.2 Å². The molecule has 4 heterocycles. The van der Waals surface area contributed by atoms with Gasteiger partial charge in [0, 0.05) is 36.3 Å². The quantitative estimate of drug-likeness (QED) is 0.272. The van der Waals surface area contributed by atoms with Crippen molar-refractivity contribution in [1.29, 1.82) is 0 Å². The number of piperidine rings is 1. The van der Waals surface area contributed by atoms with E-state index >= 15 is 0 Å². The van der Waals surface area contributed by atoms with Gasteiger partial charge in [-0.05, 0) is 37.1 Å². The standard InChI is InChI=1S/C23H23Cl2N9O3/c24-13-3-1-12(2-4-13)22-29-16(37-33-22)10-17(36)34-7-5-23(6-8-34)11-28-15(32-23)9-14(35)18-20(26)31-21(27)19(25)30-18/h1-4,9,28,32H,5-8,10-11H2,(H4,26,27,31)/b15-9+. The molecule has 0 bridgehead atoms. The number of aromatic nitrogens is 4. The SMILES string of the molecule is Nc1nc(N)c(C(=O)/C=C2\NCC3(CCN(C(=O)Cc4nc(-c5ccc(Cl)cc5)no4)CC3)N2)nc1Cl. The van der Waals surface area contributed by atoms with E-state index in [0.29, 0.717) is 49.1 Å². The maximum atomic E-state index is 12.9. The number of allylic oxidation sites excluding steroid dienone is 1. The van der Waals surface area contributed by atoms with Crippen molar-refractivity contribution in [3.8, 4) is 11.4 Å². The lowest BCUT2D eigenvalue weighted by atomic mass is 9.88. The van der Waals surface area contributed by atoms with Gasteiger partial charge in [0.1, 0.15) is 12.2 Å². The zero-order valence-electron chi connectivity index (χ0n) is 19.5. The summed E-state index contributed by atoms with van der Waals surface area (Å²) in [6.45, 7) is 1.68. The fourth-order valence-electron chi connectivity index (χ4n) is 4.32. The van der Waals surface area contributed by atoms with E-state index in [1.54, 1.807) is 29.2 Å². The number of rotatable bonds is 5. The second kappa shape index (κ2) is 9.87. The number of hydrogen-bond donors (Lipinski definition) is 4. The summed E-state index contributed by atoms with van der Waals surface area (Å²) >= 11 is 11.8. The smallest absolute Gasteiger partial charge is 0.236 e. The normalized spacial score (nSPS) is 17.6. The Labute approximate surface area is 221 Å². The van der Waals surface area contributed by atoms with E-state index in [-0.39, 0.29) is 46.2 Å². The molecule has 5 rings (SSSR count). The number of benzene rings is 1. The lowest BCUT2D eigenvalue weighted by Crippen LogP contribution is -2.53. The van der Waals surface area contributed by atoms with Crippen molar-refractivity contribution in [3.05, 3.63) is 57.9 Å². The molecule has 3 aromatic rings. The van der Waals surface area contributed by atoms with Gasteiger partial charge in [-0.3, -0.25) is 9.59 Å². The number of likely N-dealkylation sites (tertiary alicyclic amines) is 1. The minimum Gasteiger partial charge on any atom is -0.382 e. The summed E-state index contributed by atoms with van der Waals surface area (Å²) in [7, 11) is 0. The van der Waals surface area contributed by atoms with Crippen LogP contribution in [0.4, 0.5) is 11.6 Å². The molecule has 14 heteroatoms. The first kappa shape index (κ1) is 24.8. The van der Waals surface area contributed by atoms with Gasteiger partial charge in [0.05, 0.1) is 5.54 Å². The number of ketones is 1. The average molecular weight is 544 g/mol. The molecule has 6 N–H and O–H groups in total. The summed E-state index contributed by atoms with van der Waals surface area (Å²) in [6.07, 6.45) is 2.76. The van der Waals surface area contributed by atoms with Gasteiger partial charge in [-0.15, -0.1) is 0 Å². The number of amides is 1. The van der Waals surface area contributed by atoms with Crippen molar-refractivity contribution in [2.75, 3.05) is 31.1 Å². The summed E-state index contributed by atoms with van der Waals surface area (Å²) in [5.41, 5.74) is 11.7. The van der Waals surface area contributed by atoms with Crippen LogP contribution in [0, 0.1) is 0 Å². The topological polar surface area (TPSA) is 178 Å². The Kier molecular flexibility index (Phi) is 6.61. The van der Waals surface area contributed by atoms with E-state index in [4.69, 9.17) is 39.2 Å². The van der Waals surface area contributed by atoms with E-state index in [1.165, 1.54) is 6.08 Å². The number of hydrogen-bond acceptors (Lipinski definition) is 11. The molecule has 0 saturated carbocycles. The summed E-state index contributed by atoms with van der Waals surface area (Å²) in [5, 5.41) is 11.1. The molecule has 2 aliphatic rings.